The summed E-state index contributed by atoms with van der Waals surface area (Å²) in [5.74, 6) is 0.224. The van der Waals surface area contributed by atoms with Crippen LogP contribution in [0.2, 0.25) is 0 Å². The number of amides is 2. The van der Waals surface area contributed by atoms with Crippen LogP contribution in [0.5, 0.6) is 0 Å². The van der Waals surface area contributed by atoms with Crippen molar-refractivity contribution >= 4 is 36.0 Å². The highest BCUT2D eigenvalue weighted by Crippen LogP contribution is 2.24. The molecule has 25 heavy (non-hydrogen) atoms. The van der Waals surface area contributed by atoms with Crippen LogP contribution in [0.15, 0.2) is 29.2 Å². The highest BCUT2D eigenvalue weighted by Gasteiger charge is 2.25. The number of carbonyl (C=O) groups excluding carboxylic acids is 2. The molecule has 2 rings (SSSR count). The molecule has 2 amide bonds. The molecule has 1 aliphatic heterocycles. The van der Waals surface area contributed by atoms with Crippen LogP contribution in [-0.2, 0) is 9.53 Å². The van der Waals surface area contributed by atoms with Gasteiger partial charge in [-0.1, -0.05) is 12.1 Å². The first-order valence-electron chi connectivity index (χ1n) is 8.09. The van der Waals surface area contributed by atoms with Gasteiger partial charge in [0, 0.05) is 38.2 Å². The molecule has 1 aliphatic rings. The van der Waals surface area contributed by atoms with E-state index in [4.69, 9.17) is 4.74 Å². The number of rotatable bonds is 8. The van der Waals surface area contributed by atoms with Gasteiger partial charge in [-0.25, -0.2) is 0 Å². The van der Waals surface area contributed by atoms with Gasteiger partial charge >= 0.3 is 0 Å². The molecule has 1 heterocycles. The third-order valence-corrected chi connectivity index (χ3v) is 5.08. The molecule has 1 saturated heterocycles. The third-order valence-electron chi connectivity index (χ3n) is 4.01. The van der Waals surface area contributed by atoms with Gasteiger partial charge in [-0.3, -0.25) is 9.59 Å². The Labute approximate surface area is 159 Å². The topological polar surface area (TPSA) is 70.7 Å². The van der Waals surface area contributed by atoms with E-state index in [-0.39, 0.29) is 36.0 Å². The second-order valence-corrected chi connectivity index (χ2v) is 6.71. The van der Waals surface area contributed by atoms with Crippen LogP contribution in [0, 0.1) is 0 Å². The minimum Gasteiger partial charge on any atom is -0.383 e. The monoisotopic (exact) mass is 387 g/mol. The number of halogens is 1. The minimum absolute atomic E-state index is 0. The number of methoxy groups -OCH3 is 1. The van der Waals surface area contributed by atoms with Gasteiger partial charge in [0.15, 0.2) is 0 Å². The van der Waals surface area contributed by atoms with Gasteiger partial charge < -0.3 is 20.3 Å². The number of likely N-dealkylation sites (N-methyl/N-ethyl adjacent to an activating group) is 1. The first-order valence-corrected chi connectivity index (χ1v) is 9.07. The van der Waals surface area contributed by atoms with E-state index < -0.39 is 0 Å². The lowest BCUT2D eigenvalue weighted by Crippen LogP contribution is -2.38. The van der Waals surface area contributed by atoms with Crippen molar-refractivity contribution in [3.63, 3.8) is 0 Å². The molecular formula is C17H26ClN3O3S. The minimum atomic E-state index is -0.0624. The fourth-order valence-corrected chi connectivity index (χ4v) is 3.46. The van der Waals surface area contributed by atoms with Crippen molar-refractivity contribution in [2.24, 2.45) is 0 Å². The number of benzene rings is 1. The van der Waals surface area contributed by atoms with Gasteiger partial charge in [0.1, 0.15) is 0 Å². The van der Waals surface area contributed by atoms with Crippen molar-refractivity contribution in [2.75, 3.05) is 46.2 Å². The molecule has 0 saturated carbocycles. The molecule has 0 bridgehead atoms. The Balaban J connectivity index is 0.00000312. The van der Waals surface area contributed by atoms with Crippen molar-refractivity contribution < 1.29 is 14.3 Å². The lowest BCUT2D eigenvalue weighted by Gasteiger charge is -2.24. The predicted molar refractivity (Wildman–Crippen MR) is 103 cm³/mol. The van der Waals surface area contributed by atoms with E-state index in [0.717, 1.165) is 24.4 Å². The summed E-state index contributed by atoms with van der Waals surface area (Å²) >= 11 is 1.39. The molecule has 0 radical (unpaired) electrons. The Morgan fingerprint density at radius 1 is 1.40 bits per heavy atom. The van der Waals surface area contributed by atoms with Crippen molar-refractivity contribution in [2.45, 2.75) is 17.4 Å². The lowest BCUT2D eigenvalue weighted by atomic mass is 10.1. The largest absolute Gasteiger partial charge is 0.383 e. The zero-order chi connectivity index (χ0) is 17.4. The summed E-state index contributed by atoms with van der Waals surface area (Å²) in [5.41, 5.74) is 0.654. The molecule has 0 aliphatic carbocycles. The fraction of sp³-hybridized carbons (Fsp3) is 0.529. The zero-order valence-electron chi connectivity index (χ0n) is 14.6. The predicted octanol–water partition coefficient (Wildman–Crippen LogP) is 1.40. The second kappa shape index (κ2) is 11.4. The Hall–Kier alpha value is -1.28. The maximum absolute atomic E-state index is 12.8. The second-order valence-electron chi connectivity index (χ2n) is 5.69. The van der Waals surface area contributed by atoms with Crippen LogP contribution in [0.25, 0.3) is 0 Å². The summed E-state index contributed by atoms with van der Waals surface area (Å²) in [6.45, 7) is 2.76. The van der Waals surface area contributed by atoms with Crippen LogP contribution in [0.4, 0.5) is 0 Å². The van der Waals surface area contributed by atoms with Crippen molar-refractivity contribution in [3.05, 3.63) is 29.8 Å². The van der Waals surface area contributed by atoms with E-state index in [1.54, 1.807) is 12.0 Å². The summed E-state index contributed by atoms with van der Waals surface area (Å²) < 4.78 is 4.90. The van der Waals surface area contributed by atoms with E-state index in [9.17, 15) is 9.59 Å². The molecule has 0 spiro atoms. The summed E-state index contributed by atoms with van der Waals surface area (Å²) in [4.78, 5) is 27.2. The Morgan fingerprint density at radius 3 is 2.84 bits per heavy atom. The molecule has 8 heteroatoms. The van der Waals surface area contributed by atoms with E-state index in [1.807, 2.05) is 31.3 Å². The summed E-state index contributed by atoms with van der Waals surface area (Å²) in [6, 6.07) is 7.69. The highest BCUT2D eigenvalue weighted by atomic mass is 35.5. The van der Waals surface area contributed by atoms with Crippen LogP contribution in [-0.4, -0.2) is 68.9 Å². The SMILES string of the molecule is COCCNC(=O)CSc1ccccc1C(=O)N(C)C1CCNC1.Cl. The van der Waals surface area contributed by atoms with Crippen LogP contribution < -0.4 is 10.6 Å². The van der Waals surface area contributed by atoms with Crippen LogP contribution in [0.3, 0.4) is 0 Å². The third kappa shape index (κ3) is 6.51. The quantitative estimate of drug-likeness (QED) is 0.521. The Bertz CT molecular complexity index is 568. The molecule has 6 nitrogen and oxygen atoms in total. The summed E-state index contributed by atoms with van der Waals surface area (Å²) in [6.07, 6.45) is 0.972. The number of thioether (sulfide) groups is 1. The smallest absolute Gasteiger partial charge is 0.255 e. The van der Waals surface area contributed by atoms with Gasteiger partial charge in [0.2, 0.25) is 5.91 Å². The molecule has 1 aromatic rings. The van der Waals surface area contributed by atoms with E-state index in [2.05, 4.69) is 10.6 Å². The lowest BCUT2D eigenvalue weighted by molar-refractivity contribution is -0.118. The average Bonchev–Trinajstić information content (AvgIpc) is 3.14. The first kappa shape index (κ1) is 21.8. The number of hydrogen-bond acceptors (Lipinski definition) is 5. The maximum atomic E-state index is 12.8. The standard InChI is InChI=1S/C17H25N3O3S.ClH/c1-20(13-7-8-18-11-13)17(22)14-5-3-4-6-15(14)24-12-16(21)19-9-10-23-2;/h3-6,13,18H,7-12H2,1-2H3,(H,19,21);1H. The highest BCUT2D eigenvalue weighted by molar-refractivity contribution is 8.00. The fourth-order valence-electron chi connectivity index (χ4n) is 2.58. The summed E-state index contributed by atoms with van der Waals surface area (Å²) in [5, 5.41) is 6.06. The molecule has 1 atom stereocenters. The molecule has 140 valence electrons. The average molecular weight is 388 g/mol. The Kier molecular flexibility index (Phi) is 9.89. The van der Waals surface area contributed by atoms with Gasteiger partial charge in [0.05, 0.1) is 17.9 Å². The summed E-state index contributed by atoms with van der Waals surface area (Å²) in [7, 11) is 3.44. The number of ether oxygens (including phenoxy) is 1. The van der Waals surface area contributed by atoms with E-state index in [1.165, 1.54) is 11.8 Å². The zero-order valence-corrected chi connectivity index (χ0v) is 16.3. The van der Waals surface area contributed by atoms with Crippen molar-refractivity contribution in [3.8, 4) is 0 Å². The number of hydrogen-bond donors (Lipinski definition) is 2. The molecule has 1 unspecified atom stereocenters. The number of carbonyl (C=O) groups is 2. The molecule has 2 N–H and O–H groups in total. The van der Waals surface area contributed by atoms with Gasteiger partial charge in [0.25, 0.3) is 5.91 Å². The van der Waals surface area contributed by atoms with Gasteiger partial charge in [-0.15, -0.1) is 24.2 Å². The van der Waals surface area contributed by atoms with Crippen LogP contribution >= 0.6 is 24.2 Å². The molecular weight excluding hydrogens is 362 g/mol. The maximum Gasteiger partial charge on any atom is 0.255 e. The Morgan fingerprint density at radius 2 is 2.16 bits per heavy atom. The molecule has 1 aromatic carbocycles. The molecule has 0 aromatic heterocycles. The first-order chi connectivity index (χ1) is 11.6. The molecule has 1 fully saturated rings. The van der Waals surface area contributed by atoms with Crippen molar-refractivity contribution in [1.29, 1.82) is 0 Å². The van der Waals surface area contributed by atoms with Gasteiger partial charge in [-0.2, -0.15) is 0 Å². The normalized spacial score (nSPS) is 16.2. The van der Waals surface area contributed by atoms with Crippen molar-refractivity contribution in [1.82, 2.24) is 15.5 Å². The van der Waals surface area contributed by atoms with Crippen LogP contribution in [0.1, 0.15) is 16.8 Å². The number of nitrogens with one attached hydrogen (secondary N) is 2. The van der Waals surface area contributed by atoms with E-state index in [0.29, 0.717) is 18.7 Å². The van der Waals surface area contributed by atoms with Gasteiger partial charge in [-0.05, 0) is 25.1 Å². The van der Waals surface area contributed by atoms with E-state index >= 15 is 0 Å². The number of nitrogens with zero attached hydrogens (tertiary/aromatic N) is 1.